The summed E-state index contributed by atoms with van der Waals surface area (Å²) in [6.07, 6.45) is 1.67. The van der Waals surface area contributed by atoms with Gasteiger partial charge in [-0.15, -0.1) is 0 Å². The van der Waals surface area contributed by atoms with Gasteiger partial charge in [-0.2, -0.15) is 0 Å². The molecule has 1 fully saturated rings. The second kappa shape index (κ2) is 3.87. The Hall–Kier alpha value is -0.610. The summed E-state index contributed by atoms with van der Waals surface area (Å²) in [7, 11) is 0. The predicted molar refractivity (Wildman–Crippen MR) is 54.5 cm³/mol. The molecule has 1 saturated carbocycles. The summed E-state index contributed by atoms with van der Waals surface area (Å²) in [6.45, 7) is 5.51. The highest BCUT2D eigenvalue weighted by Gasteiger charge is 2.36. The summed E-state index contributed by atoms with van der Waals surface area (Å²) >= 11 is 0. The van der Waals surface area contributed by atoms with Gasteiger partial charge in [0.05, 0.1) is 0 Å². The average molecular weight is 200 g/mol. The second-order valence-electron chi connectivity index (χ2n) is 5.05. The minimum Gasteiger partial charge on any atom is -0.459 e. The molecule has 0 aromatic heterocycles. The van der Waals surface area contributed by atoms with Crippen LogP contribution in [0.1, 0.15) is 33.6 Å². The molecule has 14 heavy (non-hydrogen) atoms. The second-order valence-corrected chi connectivity index (χ2v) is 5.05. The van der Waals surface area contributed by atoms with E-state index >= 15 is 0 Å². The fourth-order valence-corrected chi connectivity index (χ4v) is 1.56. The summed E-state index contributed by atoms with van der Waals surface area (Å²) in [5.41, 5.74) is 10.9. The van der Waals surface area contributed by atoms with Crippen molar-refractivity contribution in [1.82, 2.24) is 0 Å². The lowest BCUT2D eigenvalue weighted by Crippen LogP contribution is -2.51. The van der Waals surface area contributed by atoms with Crippen LogP contribution in [0.2, 0.25) is 0 Å². The Morgan fingerprint density at radius 1 is 1.43 bits per heavy atom. The van der Waals surface area contributed by atoms with Crippen LogP contribution in [0, 0.1) is 5.92 Å². The maximum atomic E-state index is 11.5. The quantitative estimate of drug-likeness (QED) is 0.632. The van der Waals surface area contributed by atoms with E-state index in [0.717, 1.165) is 12.8 Å². The van der Waals surface area contributed by atoms with E-state index in [-0.39, 0.29) is 17.9 Å². The van der Waals surface area contributed by atoms with Crippen LogP contribution in [-0.4, -0.2) is 23.7 Å². The molecule has 1 aliphatic rings. The number of rotatable bonds is 2. The van der Waals surface area contributed by atoms with Crippen molar-refractivity contribution in [3.05, 3.63) is 0 Å². The van der Waals surface area contributed by atoms with Crippen molar-refractivity contribution >= 4 is 5.97 Å². The van der Waals surface area contributed by atoms with Gasteiger partial charge in [-0.25, -0.2) is 0 Å². The molecular formula is C10H20N2O2. The van der Waals surface area contributed by atoms with Gasteiger partial charge in [-0.1, -0.05) is 0 Å². The zero-order chi connectivity index (χ0) is 10.9. The van der Waals surface area contributed by atoms with E-state index in [1.54, 1.807) is 0 Å². The molecule has 0 bridgehead atoms. The third kappa shape index (κ3) is 2.96. The Bertz CT molecular complexity index is 217. The van der Waals surface area contributed by atoms with Crippen LogP contribution >= 0.6 is 0 Å². The van der Waals surface area contributed by atoms with Gasteiger partial charge in [-0.05, 0) is 39.5 Å². The Morgan fingerprint density at radius 3 is 2.29 bits per heavy atom. The number of hydrogen-bond acceptors (Lipinski definition) is 4. The summed E-state index contributed by atoms with van der Waals surface area (Å²) < 4.78 is 5.19. The van der Waals surface area contributed by atoms with E-state index in [1.165, 1.54) is 0 Å². The minimum atomic E-state index is -0.506. The molecule has 0 aromatic rings. The molecule has 1 atom stereocenters. The highest BCUT2D eigenvalue weighted by molar-refractivity contribution is 5.76. The van der Waals surface area contributed by atoms with Crippen molar-refractivity contribution in [2.24, 2.45) is 17.4 Å². The van der Waals surface area contributed by atoms with Crippen LogP contribution in [0.15, 0.2) is 0 Å². The molecule has 4 N–H and O–H groups in total. The Kier molecular flexibility index (Phi) is 3.17. The normalized spacial score (nSPS) is 29.2. The van der Waals surface area contributed by atoms with Crippen molar-refractivity contribution < 1.29 is 9.53 Å². The largest absolute Gasteiger partial charge is 0.459 e. The number of ether oxygens (including phenoxy) is 1. The van der Waals surface area contributed by atoms with Crippen molar-refractivity contribution in [3.8, 4) is 0 Å². The maximum Gasteiger partial charge on any atom is 0.323 e. The topological polar surface area (TPSA) is 78.3 Å². The van der Waals surface area contributed by atoms with Gasteiger partial charge in [0.25, 0.3) is 0 Å². The van der Waals surface area contributed by atoms with E-state index in [2.05, 4.69) is 0 Å². The molecule has 4 heteroatoms. The molecule has 0 heterocycles. The van der Waals surface area contributed by atoms with Gasteiger partial charge >= 0.3 is 5.97 Å². The first-order chi connectivity index (χ1) is 6.29. The van der Waals surface area contributed by atoms with Crippen LogP contribution in [0.3, 0.4) is 0 Å². The number of esters is 1. The fraction of sp³-hybridized carbons (Fsp3) is 0.900. The smallest absolute Gasteiger partial charge is 0.323 e. The van der Waals surface area contributed by atoms with E-state index < -0.39 is 11.6 Å². The zero-order valence-corrected chi connectivity index (χ0v) is 9.12. The average Bonchev–Trinajstić information content (AvgIpc) is 1.94. The molecule has 0 aliphatic heterocycles. The minimum absolute atomic E-state index is 0.208. The van der Waals surface area contributed by atoms with Crippen molar-refractivity contribution in [2.75, 3.05) is 0 Å². The highest BCUT2D eigenvalue weighted by atomic mass is 16.6. The van der Waals surface area contributed by atoms with Gasteiger partial charge < -0.3 is 16.2 Å². The predicted octanol–water partition coefficient (Wildman–Crippen LogP) is 0.393. The zero-order valence-electron chi connectivity index (χ0n) is 9.12. The van der Waals surface area contributed by atoms with Crippen LogP contribution in [0.5, 0.6) is 0 Å². The highest BCUT2D eigenvalue weighted by Crippen LogP contribution is 2.28. The number of carbonyl (C=O) groups is 1. The first kappa shape index (κ1) is 11.5. The third-order valence-electron chi connectivity index (χ3n) is 2.40. The van der Waals surface area contributed by atoms with E-state index in [9.17, 15) is 4.79 Å². The van der Waals surface area contributed by atoms with E-state index in [1.807, 2.05) is 20.8 Å². The molecule has 4 nitrogen and oxygen atoms in total. The van der Waals surface area contributed by atoms with E-state index in [0.29, 0.717) is 0 Å². The molecule has 0 spiro atoms. The molecule has 1 aliphatic carbocycles. The summed E-state index contributed by atoms with van der Waals surface area (Å²) in [6, 6.07) is -0.289. The van der Waals surface area contributed by atoms with Gasteiger partial charge in [-0.3, -0.25) is 4.79 Å². The van der Waals surface area contributed by atoms with Crippen LogP contribution in [0.25, 0.3) is 0 Å². The fourth-order valence-electron chi connectivity index (χ4n) is 1.56. The first-order valence-corrected chi connectivity index (χ1v) is 5.03. The molecule has 82 valence electrons. The molecule has 0 saturated heterocycles. The number of carbonyl (C=O) groups excluding carboxylic acids is 1. The van der Waals surface area contributed by atoms with Crippen molar-refractivity contribution in [2.45, 2.75) is 51.3 Å². The lowest BCUT2D eigenvalue weighted by Gasteiger charge is -2.36. The van der Waals surface area contributed by atoms with Crippen LogP contribution < -0.4 is 11.5 Å². The maximum absolute atomic E-state index is 11.5. The molecule has 0 unspecified atom stereocenters. The van der Waals surface area contributed by atoms with Crippen LogP contribution in [-0.2, 0) is 9.53 Å². The van der Waals surface area contributed by atoms with Crippen LogP contribution in [0.4, 0.5) is 0 Å². The van der Waals surface area contributed by atoms with Crippen molar-refractivity contribution in [1.29, 1.82) is 0 Å². The Balaban J connectivity index is 2.38. The lowest BCUT2D eigenvalue weighted by molar-refractivity contribution is -0.158. The standard InChI is InChI=1S/C10H20N2O2/c1-10(2,3)14-9(13)8(12)6-4-7(11)5-6/h6-8H,4-5,11-12H2,1-3H3/t6?,7?,8-/m0/s1. The Labute approximate surface area is 85.0 Å². The molecule has 0 amide bonds. The molecule has 1 rings (SSSR count). The van der Waals surface area contributed by atoms with Gasteiger partial charge in [0.1, 0.15) is 11.6 Å². The SMILES string of the molecule is CC(C)(C)OC(=O)[C@@H](N)C1CC(N)C1. The molecule has 0 radical (unpaired) electrons. The molecular weight excluding hydrogens is 180 g/mol. The Morgan fingerprint density at radius 2 is 1.93 bits per heavy atom. The summed E-state index contributed by atoms with van der Waals surface area (Å²) in [5.74, 6) is -0.103. The summed E-state index contributed by atoms with van der Waals surface area (Å²) in [4.78, 5) is 11.5. The number of nitrogens with two attached hydrogens (primary N) is 2. The lowest BCUT2D eigenvalue weighted by atomic mass is 9.76. The first-order valence-electron chi connectivity index (χ1n) is 5.03. The van der Waals surface area contributed by atoms with Gasteiger partial charge in [0.2, 0.25) is 0 Å². The van der Waals surface area contributed by atoms with E-state index in [4.69, 9.17) is 16.2 Å². The molecule has 0 aromatic carbocycles. The van der Waals surface area contributed by atoms with Crippen molar-refractivity contribution in [3.63, 3.8) is 0 Å². The summed E-state index contributed by atoms with van der Waals surface area (Å²) in [5, 5.41) is 0. The third-order valence-corrected chi connectivity index (χ3v) is 2.40. The monoisotopic (exact) mass is 200 g/mol. The van der Waals surface area contributed by atoms with Gasteiger partial charge in [0.15, 0.2) is 0 Å². The van der Waals surface area contributed by atoms with Gasteiger partial charge in [0, 0.05) is 6.04 Å². The number of hydrogen-bond donors (Lipinski definition) is 2.